The molecule has 1 aromatic heterocycles. The van der Waals surface area contributed by atoms with Gasteiger partial charge in [0.25, 0.3) is 0 Å². The Labute approximate surface area is 129 Å². The summed E-state index contributed by atoms with van der Waals surface area (Å²) < 4.78 is 1.76. The summed E-state index contributed by atoms with van der Waals surface area (Å²) in [4.78, 5) is 12.0. The molecule has 6 heteroatoms. The molecule has 1 amide bonds. The first-order valence-corrected chi connectivity index (χ1v) is 7.47. The van der Waals surface area contributed by atoms with Crippen LogP contribution in [0.15, 0.2) is 42.7 Å². The van der Waals surface area contributed by atoms with E-state index in [9.17, 15) is 9.90 Å². The van der Waals surface area contributed by atoms with Gasteiger partial charge in [-0.3, -0.25) is 4.79 Å². The molecule has 22 heavy (non-hydrogen) atoms. The van der Waals surface area contributed by atoms with Crippen LogP contribution >= 0.6 is 0 Å². The monoisotopic (exact) mass is 300 g/mol. The third kappa shape index (κ3) is 3.52. The van der Waals surface area contributed by atoms with E-state index in [1.807, 2.05) is 36.5 Å². The van der Waals surface area contributed by atoms with Gasteiger partial charge in [-0.1, -0.05) is 18.2 Å². The largest absolute Gasteiger partial charge is 0.391 e. The molecule has 0 aliphatic carbocycles. The van der Waals surface area contributed by atoms with Crippen molar-refractivity contribution >= 4 is 5.91 Å². The number of aliphatic hydroxyl groups excluding tert-OH is 1. The first-order chi connectivity index (χ1) is 10.7. The van der Waals surface area contributed by atoms with E-state index in [0.29, 0.717) is 19.5 Å². The van der Waals surface area contributed by atoms with Crippen LogP contribution in [0.3, 0.4) is 0 Å². The highest BCUT2D eigenvalue weighted by molar-refractivity contribution is 5.78. The number of carbonyl (C=O) groups is 1. The average Bonchev–Trinajstić information content (AvgIpc) is 3.15. The molecule has 0 saturated carbocycles. The lowest BCUT2D eigenvalue weighted by molar-refractivity contribution is -0.120. The standard InChI is InChI=1S/C16H20N4O2/c21-15-10-17-8-13(15)9-18-16(22)6-12-7-19-20(11-12)14-4-2-1-3-5-14/h1-5,7,11,13,15,17,21H,6,8-10H2,(H,18,22). The van der Waals surface area contributed by atoms with Crippen molar-refractivity contribution in [2.24, 2.45) is 5.92 Å². The molecule has 1 saturated heterocycles. The molecule has 2 aromatic rings. The molecular weight excluding hydrogens is 280 g/mol. The molecule has 3 N–H and O–H groups in total. The molecule has 2 unspecified atom stereocenters. The summed E-state index contributed by atoms with van der Waals surface area (Å²) in [5, 5.41) is 19.9. The van der Waals surface area contributed by atoms with Crippen molar-refractivity contribution in [3.8, 4) is 5.69 Å². The Hall–Kier alpha value is -2.18. The Morgan fingerprint density at radius 2 is 2.18 bits per heavy atom. The van der Waals surface area contributed by atoms with E-state index < -0.39 is 0 Å². The van der Waals surface area contributed by atoms with Gasteiger partial charge in [0.15, 0.2) is 0 Å². The molecule has 2 heterocycles. The predicted molar refractivity (Wildman–Crippen MR) is 82.6 cm³/mol. The van der Waals surface area contributed by atoms with Crippen LogP contribution in [-0.4, -0.2) is 46.5 Å². The van der Waals surface area contributed by atoms with Crippen molar-refractivity contribution in [2.75, 3.05) is 19.6 Å². The van der Waals surface area contributed by atoms with Crippen molar-refractivity contribution < 1.29 is 9.90 Å². The number of benzene rings is 1. The van der Waals surface area contributed by atoms with Crippen molar-refractivity contribution in [3.05, 3.63) is 48.3 Å². The minimum absolute atomic E-state index is 0.0493. The van der Waals surface area contributed by atoms with Crippen LogP contribution in [0.25, 0.3) is 5.69 Å². The maximum atomic E-state index is 12.0. The van der Waals surface area contributed by atoms with Crippen molar-refractivity contribution in [2.45, 2.75) is 12.5 Å². The Kier molecular flexibility index (Phi) is 4.50. The summed E-state index contributed by atoms with van der Waals surface area (Å²) in [5.74, 6) is 0.0442. The van der Waals surface area contributed by atoms with Crippen molar-refractivity contribution in [1.82, 2.24) is 20.4 Å². The fraction of sp³-hybridized carbons (Fsp3) is 0.375. The number of hydrogen-bond donors (Lipinski definition) is 3. The number of aliphatic hydroxyl groups is 1. The second-order valence-corrected chi connectivity index (χ2v) is 5.60. The summed E-state index contributed by atoms with van der Waals surface area (Å²) in [5.41, 5.74) is 1.83. The molecule has 2 atom stereocenters. The SMILES string of the molecule is O=C(Cc1cnn(-c2ccccc2)c1)NCC1CNCC1O. The minimum atomic E-state index is -0.374. The van der Waals surface area contributed by atoms with E-state index in [0.717, 1.165) is 17.8 Å². The maximum absolute atomic E-state index is 12.0. The molecule has 0 bridgehead atoms. The number of rotatable bonds is 5. The lowest BCUT2D eigenvalue weighted by atomic mass is 10.1. The zero-order chi connectivity index (χ0) is 15.4. The van der Waals surface area contributed by atoms with Crippen LogP contribution in [0.1, 0.15) is 5.56 Å². The third-order valence-corrected chi connectivity index (χ3v) is 3.89. The Morgan fingerprint density at radius 3 is 2.91 bits per heavy atom. The van der Waals surface area contributed by atoms with Gasteiger partial charge in [-0.05, 0) is 17.7 Å². The maximum Gasteiger partial charge on any atom is 0.224 e. The number of amides is 1. The van der Waals surface area contributed by atoms with E-state index in [1.165, 1.54) is 0 Å². The summed E-state index contributed by atoms with van der Waals surface area (Å²) in [7, 11) is 0. The molecule has 1 aromatic carbocycles. The highest BCUT2D eigenvalue weighted by Crippen LogP contribution is 2.09. The minimum Gasteiger partial charge on any atom is -0.391 e. The van der Waals surface area contributed by atoms with Gasteiger partial charge in [0.05, 0.1) is 24.4 Å². The highest BCUT2D eigenvalue weighted by Gasteiger charge is 2.24. The first-order valence-electron chi connectivity index (χ1n) is 7.47. The summed E-state index contributed by atoms with van der Waals surface area (Å²) in [6.45, 7) is 1.84. The van der Waals surface area contributed by atoms with Gasteiger partial charge >= 0.3 is 0 Å². The first kappa shape index (κ1) is 14.7. The topological polar surface area (TPSA) is 79.2 Å². The molecule has 1 aliphatic heterocycles. The van der Waals surface area contributed by atoms with Crippen LogP contribution in [0.2, 0.25) is 0 Å². The fourth-order valence-electron chi connectivity index (χ4n) is 2.59. The lowest BCUT2D eigenvalue weighted by Crippen LogP contribution is -2.35. The summed E-state index contributed by atoms with van der Waals surface area (Å²) in [6.07, 6.45) is 3.49. The summed E-state index contributed by atoms with van der Waals surface area (Å²) in [6, 6.07) is 9.78. The number of β-amino-alcohol motifs (C(OH)–C–C–N with tert-alkyl or cyclic N) is 1. The van der Waals surface area contributed by atoms with E-state index in [4.69, 9.17) is 0 Å². The van der Waals surface area contributed by atoms with Gasteiger partial charge in [0, 0.05) is 31.7 Å². The smallest absolute Gasteiger partial charge is 0.224 e. The number of para-hydroxylation sites is 1. The van der Waals surface area contributed by atoms with E-state index in [2.05, 4.69) is 15.7 Å². The summed E-state index contributed by atoms with van der Waals surface area (Å²) >= 11 is 0. The number of hydrogen-bond acceptors (Lipinski definition) is 4. The average molecular weight is 300 g/mol. The second kappa shape index (κ2) is 6.72. The van der Waals surface area contributed by atoms with Crippen molar-refractivity contribution in [3.63, 3.8) is 0 Å². The van der Waals surface area contributed by atoms with Crippen LogP contribution in [0.4, 0.5) is 0 Å². The normalized spacial score (nSPS) is 21.0. The quantitative estimate of drug-likeness (QED) is 0.732. The van der Waals surface area contributed by atoms with Crippen LogP contribution in [0, 0.1) is 5.92 Å². The fourth-order valence-corrected chi connectivity index (χ4v) is 2.59. The predicted octanol–water partition coefficient (Wildman–Crippen LogP) is 0.111. The molecule has 6 nitrogen and oxygen atoms in total. The molecule has 116 valence electrons. The molecule has 0 radical (unpaired) electrons. The Bertz CT molecular complexity index is 626. The molecular formula is C16H20N4O2. The molecule has 3 rings (SSSR count). The Balaban J connectivity index is 1.53. The Morgan fingerprint density at radius 1 is 1.36 bits per heavy atom. The van der Waals surface area contributed by atoms with Crippen LogP contribution < -0.4 is 10.6 Å². The zero-order valence-corrected chi connectivity index (χ0v) is 12.3. The van der Waals surface area contributed by atoms with Crippen LogP contribution in [0.5, 0.6) is 0 Å². The molecule has 1 aliphatic rings. The third-order valence-electron chi connectivity index (χ3n) is 3.89. The van der Waals surface area contributed by atoms with E-state index in [-0.39, 0.29) is 17.9 Å². The number of carbonyl (C=O) groups excluding carboxylic acids is 1. The van der Waals surface area contributed by atoms with Gasteiger partial charge in [-0.25, -0.2) is 4.68 Å². The second-order valence-electron chi connectivity index (χ2n) is 5.60. The van der Waals surface area contributed by atoms with E-state index in [1.54, 1.807) is 10.9 Å². The molecule has 1 fully saturated rings. The highest BCUT2D eigenvalue weighted by atomic mass is 16.3. The van der Waals surface area contributed by atoms with Gasteiger partial charge in [0.2, 0.25) is 5.91 Å². The lowest BCUT2D eigenvalue weighted by Gasteiger charge is -2.13. The zero-order valence-electron chi connectivity index (χ0n) is 12.3. The van der Waals surface area contributed by atoms with Crippen LogP contribution in [-0.2, 0) is 11.2 Å². The van der Waals surface area contributed by atoms with Gasteiger partial charge in [-0.2, -0.15) is 5.10 Å². The van der Waals surface area contributed by atoms with Gasteiger partial charge in [0.1, 0.15) is 0 Å². The van der Waals surface area contributed by atoms with E-state index >= 15 is 0 Å². The van der Waals surface area contributed by atoms with Gasteiger partial charge in [-0.15, -0.1) is 0 Å². The molecule has 0 spiro atoms. The van der Waals surface area contributed by atoms with Crippen molar-refractivity contribution in [1.29, 1.82) is 0 Å². The number of nitrogens with zero attached hydrogens (tertiary/aromatic N) is 2. The number of aromatic nitrogens is 2. The van der Waals surface area contributed by atoms with Gasteiger partial charge < -0.3 is 15.7 Å². The number of nitrogens with one attached hydrogen (secondary N) is 2.